The average molecular weight is 337 g/mol. The van der Waals surface area contributed by atoms with E-state index >= 15 is 0 Å². The molecule has 0 aromatic carbocycles. The van der Waals surface area contributed by atoms with Crippen molar-refractivity contribution in [3.8, 4) is 5.75 Å². The molecule has 0 spiro atoms. The molecule has 1 aliphatic rings. The third-order valence-corrected chi connectivity index (χ3v) is 4.17. The van der Waals surface area contributed by atoms with E-state index in [2.05, 4.69) is 24.9 Å². The van der Waals surface area contributed by atoms with Gasteiger partial charge in [-0.05, 0) is 0 Å². The minimum Gasteiger partial charge on any atom is -0.494 e. The van der Waals surface area contributed by atoms with Crippen molar-refractivity contribution in [3.05, 3.63) is 34.0 Å². The van der Waals surface area contributed by atoms with Gasteiger partial charge in [-0.1, -0.05) is 11.6 Å². The van der Waals surface area contributed by atoms with Crippen LogP contribution in [-0.2, 0) is 7.05 Å². The summed E-state index contributed by atoms with van der Waals surface area (Å²) >= 11 is 6.15. The second-order valence-electron chi connectivity index (χ2n) is 5.17. The SMILES string of the molecule is COc1cnc(N2CCN(c3cnn(C)c(=O)c3Cl)CC2)nc1. The predicted octanol–water partition coefficient (Wildman–Crippen LogP) is 0.559. The summed E-state index contributed by atoms with van der Waals surface area (Å²) in [6, 6.07) is 0. The quantitative estimate of drug-likeness (QED) is 0.810. The number of hydrogen-bond donors (Lipinski definition) is 0. The molecule has 0 saturated carbocycles. The third kappa shape index (κ3) is 3.07. The maximum absolute atomic E-state index is 11.9. The van der Waals surface area contributed by atoms with E-state index in [1.807, 2.05) is 0 Å². The second kappa shape index (κ2) is 6.41. The maximum atomic E-state index is 11.9. The monoisotopic (exact) mass is 336 g/mol. The van der Waals surface area contributed by atoms with E-state index in [1.54, 1.807) is 32.7 Å². The van der Waals surface area contributed by atoms with Gasteiger partial charge in [-0.2, -0.15) is 5.10 Å². The van der Waals surface area contributed by atoms with Crippen LogP contribution in [0, 0.1) is 0 Å². The average Bonchev–Trinajstić information content (AvgIpc) is 2.60. The second-order valence-corrected chi connectivity index (χ2v) is 5.55. The van der Waals surface area contributed by atoms with Gasteiger partial charge >= 0.3 is 0 Å². The van der Waals surface area contributed by atoms with Crippen LogP contribution < -0.4 is 20.1 Å². The van der Waals surface area contributed by atoms with E-state index < -0.39 is 0 Å². The molecular weight excluding hydrogens is 320 g/mol. The summed E-state index contributed by atoms with van der Waals surface area (Å²) in [5.41, 5.74) is 0.384. The highest BCUT2D eigenvalue weighted by Gasteiger charge is 2.22. The molecule has 1 saturated heterocycles. The van der Waals surface area contributed by atoms with Crippen molar-refractivity contribution < 1.29 is 4.74 Å². The number of ether oxygens (including phenoxy) is 1. The van der Waals surface area contributed by atoms with Crippen LogP contribution in [-0.4, -0.2) is 53.0 Å². The topological polar surface area (TPSA) is 76.4 Å². The first-order valence-corrected chi connectivity index (χ1v) is 7.55. The maximum Gasteiger partial charge on any atom is 0.287 e. The fourth-order valence-corrected chi connectivity index (χ4v) is 2.74. The number of methoxy groups -OCH3 is 1. The number of rotatable bonds is 3. The Morgan fingerprint density at radius 1 is 1.09 bits per heavy atom. The zero-order valence-corrected chi connectivity index (χ0v) is 13.7. The molecule has 23 heavy (non-hydrogen) atoms. The van der Waals surface area contributed by atoms with Crippen molar-refractivity contribution in [2.24, 2.45) is 7.05 Å². The molecule has 0 amide bonds. The van der Waals surface area contributed by atoms with E-state index in [0.29, 0.717) is 30.5 Å². The van der Waals surface area contributed by atoms with Gasteiger partial charge in [0, 0.05) is 33.2 Å². The summed E-state index contributed by atoms with van der Waals surface area (Å²) in [6.07, 6.45) is 4.93. The van der Waals surface area contributed by atoms with Crippen molar-refractivity contribution >= 4 is 23.2 Å². The molecule has 3 rings (SSSR count). The molecular formula is C14H17ClN6O2. The number of aromatic nitrogens is 4. The normalized spacial score (nSPS) is 14.9. The van der Waals surface area contributed by atoms with Crippen LogP contribution in [0.1, 0.15) is 0 Å². The summed E-state index contributed by atoms with van der Waals surface area (Å²) in [6.45, 7) is 2.89. The molecule has 8 nitrogen and oxygen atoms in total. The lowest BCUT2D eigenvalue weighted by Crippen LogP contribution is -2.47. The third-order valence-electron chi connectivity index (χ3n) is 3.81. The van der Waals surface area contributed by atoms with Crippen molar-refractivity contribution in [1.82, 2.24) is 19.7 Å². The Morgan fingerprint density at radius 3 is 2.30 bits per heavy atom. The smallest absolute Gasteiger partial charge is 0.287 e. The van der Waals surface area contributed by atoms with Gasteiger partial charge in [-0.15, -0.1) is 0 Å². The zero-order chi connectivity index (χ0) is 16.4. The first-order chi connectivity index (χ1) is 11.1. The van der Waals surface area contributed by atoms with Crippen LogP contribution in [0.3, 0.4) is 0 Å². The van der Waals surface area contributed by atoms with Crippen LogP contribution in [0.4, 0.5) is 11.6 Å². The van der Waals surface area contributed by atoms with Crippen LogP contribution in [0.25, 0.3) is 0 Å². The van der Waals surface area contributed by atoms with Gasteiger partial charge in [0.15, 0.2) is 5.75 Å². The highest BCUT2D eigenvalue weighted by molar-refractivity contribution is 6.33. The highest BCUT2D eigenvalue weighted by Crippen LogP contribution is 2.23. The number of nitrogens with zero attached hydrogens (tertiary/aromatic N) is 6. The van der Waals surface area contributed by atoms with Crippen molar-refractivity contribution in [2.75, 3.05) is 43.1 Å². The van der Waals surface area contributed by atoms with Gasteiger partial charge < -0.3 is 14.5 Å². The van der Waals surface area contributed by atoms with Crippen molar-refractivity contribution in [3.63, 3.8) is 0 Å². The Hall–Kier alpha value is -2.35. The standard InChI is InChI=1S/C14H17ClN6O2/c1-19-13(22)12(15)11(9-18-19)20-3-5-21(6-4-20)14-16-7-10(23-2)8-17-14/h7-9H,3-6H2,1-2H3. The number of hydrogen-bond acceptors (Lipinski definition) is 7. The largest absolute Gasteiger partial charge is 0.494 e. The van der Waals surface area contributed by atoms with Crippen molar-refractivity contribution in [2.45, 2.75) is 0 Å². The lowest BCUT2D eigenvalue weighted by Gasteiger charge is -2.36. The Kier molecular flexibility index (Phi) is 4.33. The molecule has 0 bridgehead atoms. The van der Waals surface area contributed by atoms with Gasteiger partial charge in [-0.25, -0.2) is 14.6 Å². The highest BCUT2D eigenvalue weighted by atomic mass is 35.5. The summed E-state index contributed by atoms with van der Waals surface area (Å²) in [5, 5.41) is 4.24. The molecule has 122 valence electrons. The number of halogens is 1. The Labute approximate surface area is 138 Å². The van der Waals surface area contributed by atoms with Gasteiger partial charge in [-0.3, -0.25) is 4.79 Å². The summed E-state index contributed by atoms with van der Waals surface area (Å²) in [7, 11) is 3.16. The van der Waals surface area contributed by atoms with Gasteiger partial charge in [0.25, 0.3) is 5.56 Å². The van der Waals surface area contributed by atoms with E-state index in [-0.39, 0.29) is 10.6 Å². The summed E-state index contributed by atoms with van der Waals surface area (Å²) < 4.78 is 6.29. The first-order valence-electron chi connectivity index (χ1n) is 7.18. The lowest BCUT2D eigenvalue weighted by molar-refractivity contribution is 0.410. The van der Waals surface area contributed by atoms with Gasteiger partial charge in [0.05, 0.1) is 31.4 Å². The molecule has 3 heterocycles. The molecule has 1 aliphatic heterocycles. The molecule has 2 aromatic rings. The molecule has 0 atom stereocenters. The fraction of sp³-hybridized carbons (Fsp3) is 0.429. The first kappa shape index (κ1) is 15.5. The number of anilines is 2. The molecule has 0 unspecified atom stereocenters. The number of aryl methyl sites for hydroxylation is 1. The number of piperazine rings is 1. The molecule has 0 radical (unpaired) electrons. The van der Waals surface area contributed by atoms with Crippen LogP contribution in [0.15, 0.2) is 23.4 Å². The van der Waals surface area contributed by atoms with Crippen LogP contribution >= 0.6 is 11.6 Å². The van der Waals surface area contributed by atoms with Crippen LogP contribution in [0.2, 0.25) is 5.02 Å². The summed E-state index contributed by atoms with van der Waals surface area (Å²) in [5.74, 6) is 1.30. The fourth-order valence-electron chi connectivity index (χ4n) is 2.45. The van der Waals surface area contributed by atoms with Gasteiger partial charge in [0.2, 0.25) is 5.95 Å². The molecule has 0 N–H and O–H groups in total. The molecule has 2 aromatic heterocycles. The Balaban J connectivity index is 1.71. The van der Waals surface area contributed by atoms with E-state index in [1.165, 1.54) is 4.68 Å². The minimum atomic E-state index is -0.287. The molecule has 0 aliphatic carbocycles. The zero-order valence-electron chi connectivity index (χ0n) is 12.9. The predicted molar refractivity (Wildman–Crippen MR) is 87.5 cm³/mol. The Morgan fingerprint density at radius 2 is 1.70 bits per heavy atom. The Bertz CT molecular complexity index is 740. The minimum absolute atomic E-state index is 0.205. The van der Waals surface area contributed by atoms with E-state index in [0.717, 1.165) is 13.1 Å². The van der Waals surface area contributed by atoms with Crippen molar-refractivity contribution in [1.29, 1.82) is 0 Å². The van der Waals surface area contributed by atoms with E-state index in [4.69, 9.17) is 16.3 Å². The molecule has 9 heteroatoms. The lowest BCUT2D eigenvalue weighted by atomic mass is 10.3. The van der Waals surface area contributed by atoms with Gasteiger partial charge in [0.1, 0.15) is 5.02 Å². The molecule has 1 fully saturated rings. The van der Waals surface area contributed by atoms with E-state index in [9.17, 15) is 4.79 Å². The summed E-state index contributed by atoms with van der Waals surface area (Å²) in [4.78, 5) is 24.6. The van der Waals surface area contributed by atoms with Crippen LogP contribution in [0.5, 0.6) is 5.75 Å².